The van der Waals surface area contributed by atoms with E-state index >= 15 is 0 Å². The van der Waals surface area contributed by atoms with Crippen LogP contribution in [0.2, 0.25) is 0 Å². The van der Waals surface area contributed by atoms with Crippen LogP contribution >= 0.6 is 0 Å². The molecule has 4 aromatic carbocycles. The molecule has 356 valence electrons. The molecule has 0 radical (unpaired) electrons. The van der Waals surface area contributed by atoms with Crippen molar-refractivity contribution in [2.75, 3.05) is 45.4 Å². The standard InChI is InChI=1S/C52H58N6O9S/c1-52(21-16-37(17-22-52)48-54-46-42-29-56(51(62)66-3)24-20-36(42)13-15-44(46)58(48)39(30-59)26-33-8-5-4-6-9-33)49(60)67-40-11-7-10-34(27-40)18-25-57-43-14-12-35-19-23-55(50(61)65-2)28-41(35)45(43)53-47(57)38-31-68(63,64)32-38/h4-15,27,37-39,59H,16-26,28-32H2,1-3H3/t37-,39-,52+/m1/s1. The van der Waals surface area contributed by atoms with Gasteiger partial charge in [0, 0.05) is 42.6 Å². The Bertz CT molecular complexity index is 3020. The first-order valence-corrected chi connectivity index (χ1v) is 25.5. The maximum absolute atomic E-state index is 14.2. The zero-order valence-electron chi connectivity index (χ0n) is 38.9. The van der Waals surface area contributed by atoms with E-state index in [1.54, 1.807) is 15.9 Å². The summed E-state index contributed by atoms with van der Waals surface area (Å²) in [5.74, 6) is 1.70. The summed E-state index contributed by atoms with van der Waals surface area (Å²) < 4.78 is 45.4. The van der Waals surface area contributed by atoms with Crippen molar-refractivity contribution >= 4 is 50.1 Å². The summed E-state index contributed by atoms with van der Waals surface area (Å²) in [5, 5.41) is 11.0. The third-order valence-electron chi connectivity index (χ3n) is 15.0. The third-order valence-corrected chi connectivity index (χ3v) is 16.8. The molecular weight excluding hydrogens is 885 g/mol. The summed E-state index contributed by atoms with van der Waals surface area (Å²) in [6.07, 6.45) is 4.38. The number of nitrogens with zero attached hydrogens (tertiary/aromatic N) is 6. The Hall–Kier alpha value is -6.26. The van der Waals surface area contributed by atoms with Crippen molar-refractivity contribution in [2.24, 2.45) is 5.41 Å². The first-order valence-electron chi connectivity index (χ1n) is 23.7. The van der Waals surface area contributed by atoms with Crippen LogP contribution in [-0.2, 0) is 69.4 Å². The number of ether oxygens (including phenoxy) is 3. The Morgan fingerprint density at radius 3 is 1.99 bits per heavy atom. The lowest BCUT2D eigenvalue weighted by Gasteiger charge is -2.35. The Labute approximate surface area is 395 Å². The Morgan fingerprint density at radius 1 is 0.765 bits per heavy atom. The van der Waals surface area contributed by atoms with Gasteiger partial charge in [0.05, 0.1) is 78.9 Å². The Balaban J connectivity index is 0.863. The number of aliphatic hydroxyl groups is 1. The van der Waals surface area contributed by atoms with Crippen LogP contribution in [0.1, 0.15) is 95.5 Å². The number of sulfone groups is 1. The molecule has 1 aliphatic carbocycles. The van der Waals surface area contributed by atoms with Crippen LogP contribution in [0, 0.1) is 5.41 Å². The quantitative estimate of drug-likeness (QED) is 0.101. The molecular formula is C52H58N6O9S. The van der Waals surface area contributed by atoms with Crippen LogP contribution in [0.5, 0.6) is 5.75 Å². The number of hydrogen-bond acceptors (Lipinski definition) is 11. The van der Waals surface area contributed by atoms with Gasteiger partial charge in [-0.15, -0.1) is 0 Å². The third kappa shape index (κ3) is 8.61. The number of carbonyl (C=O) groups is 3. The van der Waals surface area contributed by atoms with Crippen molar-refractivity contribution in [1.29, 1.82) is 0 Å². The predicted octanol–water partition coefficient (Wildman–Crippen LogP) is 7.44. The average molecular weight is 943 g/mol. The van der Waals surface area contributed by atoms with Gasteiger partial charge in [0.15, 0.2) is 9.84 Å². The summed E-state index contributed by atoms with van der Waals surface area (Å²) in [7, 11) is -0.345. The van der Waals surface area contributed by atoms with Gasteiger partial charge < -0.3 is 38.3 Å². The number of rotatable bonds is 11. The summed E-state index contributed by atoms with van der Waals surface area (Å²) in [6.45, 7) is 4.30. The highest BCUT2D eigenvalue weighted by Gasteiger charge is 2.42. The molecule has 1 saturated carbocycles. The molecule has 1 N–H and O–H groups in total. The van der Waals surface area contributed by atoms with E-state index in [1.165, 1.54) is 14.2 Å². The molecule has 68 heavy (non-hydrogen) atoms. The number of esters is 1. The minimum absolute atomic E-state index is 0.0221. The van der Waals surface area contributed by atoms with Gasteiger partial charge in [0.25, 0.3) is 0 Å². The summed E-state index contributed by atoms with van der Waals surface area (Å²) in [6, 6.07) is 25.8. The molecule has 3 aliphatic heterocycles. The monoisotopic (exact) mass is 942 g/mol. The van der Waals surface area contributed by atoms with E-state index in [-0.39, 0.29) is 48.1 Å². The fraction of sp³-hybridized carbons (Fsp3) is 0.442. The highest BCUT2D eigenvalue weighted by atomic mass is 32.2. The lowest BCUT2D eigenvalue weighted by molar-refractivity contribution is -0.147. The smallest absolute Gasteiger partial charge is 0.409 e. The Morgan fingerprint density at radius 2 is 1.37 bits per heavy atom. The van der Waals surface area contributed by atoms with Crippen LogP contribution in [0.3, 0.4) is 0 Å². The van der Waals surface area contributed by atoms with E-state index in [0.717, 1.165) is 67.1 Å². The number of hydrogen-bond donors (Lipinski definition) is 1. The van der Waals surface area contributed by atoms with Crippen molar-refractivity contribution < 1.29 is 42.1 Å². The minimum Gasteiger partial charge on any atom is -0.453 e. The van der Waals surface area contributed by atoms with Gasteiger partial charge in [-0.1, -0.05) is 54.6 Å². The number of aliphatic hydroxyl groups excluding tert-OH is 1. The lowest BCUT2D eigenvalue weighted by Crippen LogP contribution is -2.36. The van der Waals surface area contributed by atoms with Gasteiger partial charge in [-0.2, -0.15) is 0 Å². The molecule has 1 saturated heterocycles. The van der Waals surface area contributed by atoms with Gasteiger partial charge in [0.1, 0.15) is 17.4 Å². The lowest BCUT2D eigenvalue weighted by atomic mass is 9.71. The second kappa shape index (κ2) is 18.3. The van der Waals surface area contributed by atoms with E-state index in [1.807, 2.05) is 43.3 Å². The maximum atomic E-state index is 14.2. The second-order valence-corrected chi connectivity index (χ2v) is 21.5. The van der Waals surface area contributed by atoms with Crippen molar-refractivity contribution in [2.45, 2.75) is 95.8 Å². The van der Waals surface area contributed by atoms with Gasteiger partial charge >= 0.3 is 18.2 Å². The molecule has 16 heteroatoms. The largest absolute Gasteiger partial charge is 0.453 e. The Kier molecular flexibility index (Phi) is 12.3. The SMILES string of the molecule is COC(=O)N1CCc2ccc3c(nc(C4CS(=O)(=O)C4)n3CCc3cccc(OC(=O)[C@]4(C)CC[C@H](c5nc6c7c(ccc6n5[C@@H](CO)Cc5ccccc5)CCN(C(=O)OC)C7)CC4)c3)c2C1. The molecule has 15 nitrogen and oxygen atoms in total. The fourth-order valence-electron chi connectivity index (χ4n) is 11.0. The molecule has 5 heterocycles. The number of aryl methyl sites for hydroxylation is 2. The van der Waals surface area contributed by atoms with Crippen molar-refractivity contribution in [1.82, 2.24) is 28.9 Å². The number of fused-ring (bicyclic) bond motifs is 6. The highest BCUT2D eigenvalue weighted by molar-refractivity contribution is 7.92. The summed E-state index contributed by atoms with van der Waals surface area (Å²) in [5.41, 5.74) is 9.00. The molecule has 0 spiro atoms. The van der Waals surface area contributed by atoms with Crippen LogP contribution in [-0.4, -0.2) is 106 Å². The molecule has 2 amide bonds. The van der Waals surface area contributed by atoms with Gasteiger partial charge in [-0.3, -0.25) is 4.79 Å². The van der Waals surface area contributed by atoms with E-state index in [4.69, 9.17) is 24.2 Å². The van der Waals surface area contributed by atoms with Crippen LogP contribution < -0.4 is 4.74 Å². The van der Waals surface area contributed by atoms with E-state index in [9.17, 15) is 27.9 Å². The molecule has 2 fully saturated rings. The van der Waals surface area contributed by atoms with Crippen molar-refractivity contribution in [3.05, 3.63) is 124 Å². The molecule has 0 unspecified atom stereocenters. The molecule has 4 aliphatic rings. The first kappa shape index (κ1) is 45.5. The molecule has 0 bridgehead atoms. The van der Waals surface area contributed by atoms with Crippen LogP contribution in [0.15, 0.2) is 78.9 Å². The number of aromatic nitrogens is 4. The van der Waals surface area contributed by atoms with Crippen molar-refractivity contribution in [3.63, 3.8) is 0 Å². The van der Waals surface area contributed by atoms with E-state index < -0.39 is 21.3 Å². The fourth-order valence-corrected chi connectivity index (χ4v) is 12.5. The average Bonchev–Trinajstić information content (AvgIpc) is 3.93. The molecule has 10 rings (SSSR count). The maximum Gasteiger partial charge on any atom is 0.409 e. The van der Waals surface area contributed by atoms with Crippen LogP contribution in [0.4, 0.5) is 9.59 Å². The normalized spacial score (nSPS) is 20.6. The molecule has 1 atom stereocenters. The van der Waals surface area contributed by atoms with E-state index in [0.29, 0.717) is 89.8 Å². The first-order chi connectivity index (χ1) is 32.8. The topological polar surface area (TPSA) is 175 Å². The van der Waals surface area contributed by atoms with Gasteiger partial charge in [-0.05, 0) is 105 Å². The van der Waals surface area contributed by atoms with Gasteiger partial charge in [-0.25, -0.2) is 28.0 Å². The molecule has 6 aromatic rings. The number of methoxy groups -OCH3 is 2. The zero-order chi connectivity index (χ0) is 47.3. The van der Waals surface area contributed by atoms with E-state index in [2.05, 4.69) is 45.5 Å². The number of carbonyl (C=O) groups excluding carboxylic acids is 3. The van der Waals surface area contributed by atoms with Gasteiger partial charge in [0.2, 0.25) is 0 Å². The zero-order valence-corrected chi connectivity index (χ0v) is 39.7. The predicted molar refractivity (Wildman–Crippen MR) is 255 cm³/mol. The minimum atomic E-state index is -3.12. The number of imidazole rings is 2. The highest BCUT2D eigenvalue weighted by Crippen LogP contribution is 2.46. The number of benzene rings is 4. The second-order valence-electron chi connectivity index (χ2n) is 19.3. The molecule has 2 aromatic heterocycles. The summed E-state index contributed by atoms with van der Waals surface area (Å²) in [4.78, 5) is 53.1. The van der Waals surface area contributed by atoms with Crippen LogP contribution in [0.25, 0.3) is 22.1 Å². The van der Waals surface area contributed by atoms with Crippen molar-refractivity contribution in [3.8, 4) is 5.75 Å². The summed E-state index contributed by atoms with van der Waals surface area (Å²) >= 11 is 0. The number of amides is 2.